The number of nitrogens with one attached hydrogen (secondary N) is 1. The molecule has 0 spiro atoms. The zero-order chi connectivity index (χ0) is 23.9. The van der Waals surface area contributed by atoms with E-state index in [0.717, 1.165) is 57.3 Å². The van der Waals surface area contributed by atoms with Crippen LogP contribution in [0.2, 0.25) is 0 Å². The molecule has 0 unspecified atom stereocenters. The Balaban J connectivity index is 1.35. The van der Waals surface area contributed by atoms with Gasteiger partial charge in [0.1, 0.15) is 0 Å². The molecule has 6 heteroatoms. The predicted octanol–water partition coefficient (Wildman–Crippen LogP) is 4.90. The van der Waals surface area contributed by atoms with Crippen molar-refractivity contribution in [3.8, 4) is 22.3 Å². The number of fused-ring (bicyclic) bond motifs is 2. The fourth-order valence-corrected chi connectivity index (χ4v) is 5.43. The highest BCUT2D eigenvalue weighted by molar-refractivity contribution is 6.00. The highest BCUT2D eigenvalue weighted by Gasteiger charge is 2.24. The summed E-state index contributed by atoms with van der Waals surface area (Å²) in [6.07, 6.45) is 5.85. The number of hydrogen-bond acceptors (Lipinski definition) is 5. The van der Waals surface area contributed by atoms with Crippen LogP contribution in [0.25, 0.3) is 38.7 Å². The molecule has 176 valence electrons. The van der Waals surface area contributed by atoms with Crippen molar-refractivity contribution in [3.05, 3.63) is 84.8 Å². The molecular weight excluding hydrogens is 434 g/mol. The number of aliphatic hydroxyl groups is 1. The third-order valence-electron chi connectivity index (χ3n) is 7.16. The van der Waals surface area contributed by atoms with Gasteiger partial charge < -0.3 is 15.3 Å². The van der Waals surface area contributed by atoms with Crippen LogP contribution >= 0.6 is 0 Å². The average Bonchev–Trinajstić information content (AvgIpc) is 3.31. The van der Waals surface area contributed by atoms with E-state index in [2.05, 4.69) is 65.6 Å². The van der Waals surface area contributed by atoms with Crippen LogP contribution in [0.4, 0.5) is 5.69 Å². The van der Waals surface area contributed by atoms with Crippen molar-refractivity contribution in [3.63, 3.8) is 0 Å². The summed E-state index contributed by atoms with van der Waals surface area (Å²) >= 11 is 0. The van der Waals surface area contributed by atoms with Crippen LogP contribution in [-0.2, 0) is 6.61 Å². The lowest BCUT2D eigenvalue weighted by atomic mass is 9.97. The molecule has 2 N–H and O–H groups in total. The fourth-order valence-electron chi connectivity index (χ4n) is 5.43. The van der Waals surface area contributed by atoms with E-state index < -0.39 is 0 Å². The smallest absolute Gasteiger partial charge is 0.162 e. The van der Waals surface area contributed by atoms with Gasteiger partial charge in [0.05, 0.1) is 12.8 Å². The fraction of sp³-hybridized carbons (Fsp3) is 0.241. The SMILES string of the molecule is C[C@@H]1CNC[C@H](C)N1c1ccc(-c2cnc3c(-c4cccc5c(CO)cccc45)cnn3c2)cc1. The summed E-state index contributed by atoms with van der Waals surface area (Å²) in [5.74, 6) is 0. The Hall–Kier alpha value is -3.74. The second-order valence-corrected chi connectivity index (χ2v) is 9.46. The van der Waals surface area contributed by atoms with Gasteiger partial charge in [-0.05, 0) is 53.4 Å². The van der Waals surface area contributed by atoms with Gasteiger partial charge in [-0.3, -0.25) is 0 Å². The van der Waals surface area contributed by atoms with Crippen molar-refractivity contribution in [2.75, 3.05) is 18.0 Å². The molecule has 1 aliphatic rings. The number of nitrogens with zero attached hydrogens (tertiary/aromatic N) is 4. The van der Waals surface area contributed by atoms with Gasteiger partial charge in [-0.25, -0.2) is 9.50 Å². The molecule has 0 saturated carbocycles. The van der Waals surface area contributed by atoms with Crippen molar-refractivity contribution in [1.82, 2.24) is 19.9 Å². The average molecular weight is 464 g/mol. The Kier molecular flexibility index (Phi) is 5.47. The minimum absolute atomic E-state index is 0.0163. The summed E-state index contributed by atoms with van der Waals surface area (Å²) in [4.78, 5) is 7.31. The van der Waals surface area contributed by atoms with Gasteiger partial charge in [0.25, 0.3) is 0 Å². The topological polar surface area (TPSA) is 65.7 Å². The number of rotatable bonds is 4. The Morgan fingerprint density at radius 1 is 0.857 bits per heavy atom. The first-order valence-electron chi connectivity index (χ1n) is 12.2. The van der Waals surface area contributed by atoms with E-state index >= 15 is 0 Å². The highest BCUT2D eigenvalue weighted by Crippen LogP contribution is 2.33. The lowest BCUT2D eigenvalue weighted by molar-refractivity contribution is 0.283. The van der Waals surface area contributed by atoms with E-state index in [4.69, 9.17) is 4.98 Å². The first kappa shape index (κ1) is 21.8. The van der Waals surface area contributed by atoms with Gasteiger partial charge in [-0.1, -0.05) is 48.5 Å². The molecule has 1 saturated heterocycles. The number of piperazine rings is 1. The summed E-state index contributed by atoms with van der Waals surface area (Å²) in [6, 6.07) is 21.9. The molecular formula is C29H29N5O. The lowest BCUT2D eigenvalue weighted by Crippen LogP contribution is -2.55. The lowest BCUT2D eigenvalue weighted by Gasteiger charge is -2.41. The molecule has 2 atom stereocenters. The van der Waals surface area contributed by atoms with Crippen LogP contribution in [0.3, 0.4) is 0 Å². The normalized spacial score (nSPS) is 18.4. The van der Waals surface area contributed by atoms with Crippen molar-refractivity contribution in [1.29, 1.82) is 0 Å². The first-order chi connectivity index (χ1) is 17.1. The second-order valence-electron chi connectivity index (χ2n) is 9.46. The molecule has 1 aliphatic heterocycles. The van der Waals surface area contributed by atoms with E-state index in [0.29, 0.717) is 12.1 Å². The molecule has 1 fully saturated rings. The highest BCUT2D eigenvalue weighted by atomic mass is 16.3. The first-order valence-corrected chi connectivity index (χ1v) is 12.2. The monoisotopic (exact) mass is 463 g/mol. The largest absolute Gasteiger partial charge is 0.392 e. The van der Waals surface area contributed by atoms with E-state index in [9.17, 15) is 5.11 Å². The third kappa shape index (κ3) is 3.75. The second kappa shape index (κ2) is 8.80. The number of anilines is 1. The van der Waals surface area contributed by atoms with Crippen LogP contribution < -0.4 is 10.2 Å². The van der Waals surface area contributed by atoms with Gasteiger partial charge in [-0.2, -0.15) is 5.10 Å². The minimum atomic E-state index is 0.0163. The standard InChI is InChI=1S/C29H29N5O/c1-19-13-30-14-20(2)34(19)24-11-9-21(10-12-24)23-15-31-29-28(16-32-33(29)17-23)27-8-4-6-25-22(18-35)5-3-7-26(25)27/h3-12,15-17,19-20,30,35H,13-14,18H2,1-2H3/t19-,20+. The van der Waals surface area contributed by atoms with Crippen LogP contribution in [0.1, 0.15) is 19.4 Å². The number of aliphatic hydroxyl groups excluding tert-OH is 1. The predicted molar refractivity (Wildman–Crippen MR) is 142 cm³/mol. The quantitative estimate of drug-likeness (QED) is 0.397. The maximum atomic E-state index is 9.75. The molecule has 6 nitrogen and oxygen atoms in total. The maximum absolute atomic E-state index is 9.75. The molecule has 0 amide bonds. The van der Waals surface area contributed by atoms with Crippen molar-refractivity contribution in [2.45, 2.75) is 32.5 Å². The summed E-state index contributed by atoms with van der Waals surface area (Å²) in [7, 11) is 0. The van der Waals surface area contributed by atoms with Gasteiger partial charge in [0, 0.05) is 54.4 Å². The molecule has 5 aromatic rings. The molecule has 3 aromatic carbocycles. The van der Waals surface area contributed by atoms with Gasteiger partial charge >= 0.3 is 0 Å². The zero-order valence-electron chi connectivity index (χ0n) is 20.0. The van der Waals surface area contributed by atoms with Crippen LogP contribution in [0.15, 0.2) is 79.3 Å². The molecule has 3 heterocycles. The summed E-state index contributed by atoms with van der Waals surface area (Å²) in [5.41, 5.74) is 7.18. The zero-order valence-corrected chi connectivity index (χ0v) is 20.0. The third-order valence-corrected chi connectivity index (χ3v) is 7.16. The van der Waals surface area contributed by atoms with Crippen LogP contribution in [0.5, 0.6) is 0 Å². The Morgan fingerprint density at radius 2 is 1.60 bits per heavy atom. The van der Waals surface area contributed by atoms with Crippen molar-refractivity contribution in [2.24, 2.45) is 0 Å². The summed E-state index contributed by atoms with van der Waals surface area (Å²) in [6.45, 7) is 6.57. The molecule has 0 bridgehead atoms. The maximum Gasteiger partial charge on any atom is 0.162 e. The summed E-state index contributed by atoms with van der Waals surface area (Å²) in [5, 5.41) is 20.0. The number of hydrogen-bond donors (Lipinski definition) is 2. The van der Waals surface area contributed by atoms with E-state index in [1.165, 1.54) is 5.69 Å². The van der Waals surface area contributed by atoms with Crippen molar-refractivity contribution >= 4 is 22.1 Å². The molecule has 0 radical (unpaired) electrons. The Morgan fingerprint density at radius 3 is 2.37 bits per heavy atom. The van der Waals surface area contributed by atoms with Crippen LogP contribution in [-0.4, -0.2) is 44.9 Å². The van der Waals surface area contributed by atoms with E-state index in [-0.39, 0.29) is 6.61 Å². The summed E-state index contributed by atoms with van der Waals surface area (Å²) < 4.78 is 1.85. The molecule has 0 aliphatic carbocycles. The molecule has 6 rings (SSSR count). The number of aromatic nitrogens is 3. The van der Waals surface area contributed by atoms with E-state index in [1.807, 2.05) is 47.4 Å². The van der Waals surface area contributed by atoms with Crippen LogP contribution in [0, 0.1) is 0 Å². The van der Waals surface area contributed by atoms with E-state index in [1.54, 1.807) is 0 Å². The number of benzene rings is 3. The van der Waals surface area contributed by atoms with Crippen molar-refractivity contribution < 1.29 is 5.11 Å². The van der Waals surface area contributed by atoms with Gasteiger partial charge in [-0.15, -0.1) is 0 Å². The van der Waals surface area contributed by atoms with Gasteiger partial charge in [0.2, 0.25) is 0 Å². The van der Waals surface area contributed by atoms with Gasteiger partial charge in [0.15, 0.2) is 5.65 Å². The Labute approximate surface area is 204 Å². The Bertz CT molecular complexity index is 1500. The minimum Gasteiger partial charge on any atom is -0.392 e. The molecule has 35 heavy (non-hydrogen) atoms. The molecule has 2 aromatic heterocycles.